The van der Waals surface area contributed by atoms with Gasteiger partial charge in [0.25, 0.3) is 0 Å². The molecule has 0 saturated carbocycles. The number of thiocarbonyl (C=S) groups is 1. The van der Waals surface area contributed by atoms with Gasteiger partial charge in [-0.3, -0.25) is 0 Å². The van der Waals surface area contributed by atoms with Gasteiger partial charge in [0.15, 0.2) is 5.11 Å². The number of nitrogens with one attached hydrogen (secondary N) is 2. The summed E-state index contributed by atoms with van der Waals surface area (Å²) in [6.07, 6.45) is 3.00. The van der Waals surface area contributed by atoms with Crippen LogP contribution in [0.1, 0.15) is 51.6 Å². The molecule has 0 saturated heterocycles. The van der Waals surface area contributed by atoms with E-state index >= 15 is 0 Å². The lowest BCUT2D eigenvalue weighted by Gasteiger charge is -2.30. The molecule has 5 nitrogen and oxygen atoms in total. The Morgan fingerprint density at radius 3 is 2.72 bits per heavy atom. The number of esters is 1. The molecule has 1 aromatic rings. The fourth-order valence-electron chi connectivity index (χ4n) is 2.80. The molecule has 0 bridgehead atoms. The maximum atomic E-state index is 12.7. The van der Waals surface area contributed by atoms with Gasteiger partial charge in [0.05, 0.1) is 24.8 Å². The topological polar surface area (TPSA) is 59.6 Å². The van der Waals surface area contributed by atoms with Gasteiger partial charge >= 0.3 is 5.97 Å². The molecule has 1 aromatic carbocycles. The average molecular weight is 362 g/mol. The summed E-state index contributed by atoms with van der Waals surface area (Å²) in [5.74, 6) is 0.406. The van der Waals surface area contributed by atoms with E-state index in [-0.39, 0.29) is 5.97 Å². The maximum absolute atomic E-state index is 12.7. The van der Waals surface area contributed by atoms with Crippen LogP contribution >= 0.6 is 12.2 Å². The third-order valence-corrected chi connectivity index (χ3v) is 4.22. The molecule has 2 rings (SSSR count). The van der Waals surface area contributed by atoms with Crippen molar-refractivity contribution in [3.63, 3.8) is 0 Å². The molecule has 2 N–H and O–H groups in total. The van der Waals surface area contributed by atoms with E-state index in [0.717, 1.165) is 30.6 Å². The summed E-state index contributed by atoms with van der Waals surface area (Å²) in [6, 6.07) is 7.27. The summed E-state index contributed by atoms with van der Waals surface area (Å²) >= 11 is 5.28. The predicted molar refractivity (Wildman–Crippen MR) is 102 cm³/mol. The van der Waals surface area contributed by atoms with Crippen molar-refractivity contribution in [3.8, 4) is 5.75 Å². The minimum absolute atomic E-state index is 0.326. The molecule has 0 fully saturated rings. The quantitative estimate of drug-likeness (QED) is 0.418. The van der Waals surface area contributed by atoms with Crippen LogP contribution < -0.4 is 15.4 Å². The highest BCUT2D eigenvalue weighted by Crippen LogP contribution is 2.33. The Kier molecular flexibility index (Phi) is 7.25. The molecular formula is C19H26N2O3S. The molecule has 1 aliphatic rings. The Balaban J connectivity index is 2.29. The van der Waals surface area contributed by atoms with Crippen LogP contribution in [-0.4, -0.2) is 24.3 Å². The van der Waals surface area contributed by atoms with Crippen LogP contribution in [0, 0.1) is 0 Å². The van der Waals surface area contributed by atoms with Crippen molar-refractivity contribution in [2.75, 3.05) is 13.2 Å². The molecule has 0 amide bonds. The molecule has 0 spiro atoms. The molecule has 1 atom stereocenters. The van der Waals surface area contributed by atoms with Crippen molar-refractivity contribution in [1.29, 1.82) is 0 Å². The summed E-state index contributed by atoms with van der Waals surface area (Å²) in [5.41, 5.74) is 2.12. The highest BCUT2D eigenvalue weighted by molar-refractivity contribution is 7.80. The van der Waals surface area contributed by atoms with Gasteiger partial charge in [0, 0.05) is 11.3 Å². The third-order valence-electron chi connectivity index (χ3n) is 4.00. The zero-order valence-electron chi connectivity index (χ0n) is 15.1. The second-order valence-electron chi connectivity index (χ2n) is 5.88. The van der Waals surface area contributed by atoms with E-state index in [4.69, 9.17) is 21.7 Å². The molecule has 0 aromatic heterocycles. The highest BCUT2D eigenvalue weighted by Gasteiger charge is 2.32. The van der Waals surface area contributed by atoms with Crippen LogP contribution in [0.15, 0.2) is 35.5 Å². The van der Waals surface area contributed by atoms with Crippen LogP contribution in [0.25, 0.3) is 0 Å². The summed E-state index contributed by atoms with van der Waals surface area (Å²) in [4.78, 5) is 12.7. The Bertz CT molecular complexity index is 658. The summed E-state index contributed by atoms with van der Waals surface area (Å²) in [7, 11) is 0. The lowest BCUT2D eigenvalue weighted by molar-refractivity contribution is -0.139. The first-order valence-electron chi connectivity index (χ1n) is 8.75. The van der Waals surface area contributed by atoms with Crippen LogP contribution in [0.5, 0.6) is 5.75 Å². The van der Waals surface area contributed by atoms with Gasteiger partial charge in [-0.15, -0.1) is 0 Å². The van der Waals surface area contributed by atoms with Gasteiger partial charge in [-0.1, -0.05) is 38.0 Å². The molecule has 1 aliphatic heterocycles. The highest BCUT2D eigenvalue weighted by atomic mass is 32.1. The first-order valence-corrected chi connectivity index (χ1v) is 9.16. The van der Waals surface area contributed by atoms with E-state index in [1.54, 1.807) is 0 Å². The van der Waals surface area contributed by atoms with Crippen molar-refractivity contribution in [1.82, 2.24) is 10.6 Å². The Morgan fingerprint density at radius 2 is 2.00 bits per heavy atom. The Morgan fingerprint density at radius 1 is 1.24 bits per heavy atom. The summed E-state index contributed by atoms with van der Waals surface area (Å²) in [6.45, 7) is 6.86. The molecule has 6 heteroatoms. The van der Waals surface area contributed by atoms with Crippen molar-refractivity contribution in [3.05, 3.63) is 41.1 Å². The summed E-state index contributed by atoms with van der Waals surface area (Å²) in [5, 5.41) is 6.68. The van der Waals surface area contributed by atoms with E-state index in [1.807, 2.05) is 38.1 Å². The lowest BCUT2D eigenvalue weighted by Crippen LogP contribution is -2.45. The van der Waals surface area contributed by atoms with Crippen molar-refractivity contribution in [2.45, 2.75) is 46.1 Å². The predicted octanol–water partition coefficient (Wildman–Crippen LogP) is 3.61. The number of allylic oxidation sites excluding steroid dienone is 1. The SMILES string of the molecule is CCCCCOC(=O)C1=C(C)NC(=S)N[C@H]1c1ccccc1OCC. The first kappa shape index (κ1) is 19.2. The van der Waals surface area contributed by atoms with Gasteiger partial charge in [-0.25, -0.2) is 4.79 Å². The van der Waals surface area contributed by atoms with E-state index in [0.29, 0.717) is 29.6 Å². The Hall–Kier alpha value is -2.08. The zero-order chi connectivity index (χ0) is 18.2. The molecular weight excluding hydrogens is 336 g/mol. The standard InChI is InChI=1S/C19H26N2O3S/c1-4-6-9-12-24-18(22)16-13(3)20-19(25)21-17(16)14-10-7-8-11-15(14)23-5-2/h7-8,10-11,17H,4-6,9,12H2,1-3H3,(H2,20,21,25)/t17-/m0/s1. The van der Waals surface area contributed by atoms with Gasteiger partial charge in [0.1, 0.15) is 5.75 Å². The average Bonchev–Trinajstić information content (AvgIpc) is 2.58. The van der Waals surface area contributed by atoms with Crippen LogP contribution in [-0.2, 0) is 9.53 Å². The van der Waals surface area contributed by atoms with E-state index in [2.05, 4.69) is 17.6 Å². The van der Waals surface area contributed by atoms with Crippen molar-refractivity contribution >= 4 is 23.3 Å². The lowest BCUT2D eigenvalue weighted by atomic mass is 9.95. The zero-order valence-corrected chi connectivity index (χ0v) is 15.9. The van der Waals surface area contributed by atoms with Gasteiger partial charge in [-0.2, -0.15) is 0 Å². The minimum Gasteiger partial charge on any atom is -0.494 e. The normalized spacial score (nSPS) is 16.9. The Labute approximate surface area is 154 Å². The third kappa shape index (κ3) is 4.95. The number of unbranched alkanes of at least 4 members (excludes halogenated alkanes) is 2. The van der Waals surface area contributed by atoms with Crippen molar-refractivity contribution < 1.29 is 14.3 Å². The number of hydrogen-bond donors (Lipinski definition) is 2. The van der Waals surface area contributed by atoms with Crippen LogP contribution in [0.4, 0.5) is 0 Å². The fourth-order valence-corrected chi connectivity index (χ4v) is 3.07. The molecule has 0 aliphatic carbocycles. The summed E-state index contributed by atoms with van der Waals surface area (Å²) < 4.78 is 11.2. The second kappa shape index (κ2) is 9.42. The van der Waals surface area contributed by atoms with E-state index in [1.165, 1.54) is 0 Å². The molecule has 25 heavy (non-hydrogen) atoms. The number of benzene rings is 1. The molecule has 136 valence electrons. The number of ether oxygens (including phenoxy) is 2. The van der Waals surface area contributed by atoms with E-state index < -0.39 is 6.04 Å². The molecule has 0 radical (unpaired) electrons. The maximum Gasteiger partial charge on any atom is 0.338 e. The fraction of sp³-hybridized carbons (Fsp3) is 0.474. The van der Waals surface area contributed by atoms with Gasteiger partial charge in [0.2, 0.25) is 0 Å². The largest absolute Gasteiger partial charge is 0.494 e. The number of carbonyl (C=O) groups excluding carboxylic acids is 1. The monoisotopic (exact) mass is 362 g/mol. The number of para-hydroxylation sites is 1. The molecule has 1 heterocycles. The first-order chi connectivity index (χ1) is 12.1. The van der Waals surface area contributed by atoms with Crippen molar-refractivity contribution in [2.24, 2.45) is 0 Å². The number of hydrogen-bond acceptors (Lipinski definition) is 4. The van der Waals surface area contributed by atoms with Crippen LogP contribution in [0.2, 0.25) is 0 Å². The smallest absolute Gasteiger partial charge is 0.338 e. The second-order valence-corrected chi connectivity index (χ2v) is 6.29. The number of rotatable bonds is 8. The number of carbonyl (C=O) groups is 1. The van der Waals surface area contributed by atoms with Crippen LogP contribution in [0.3, 0.4) is 0 Å². The van der Waals surface area contributed by atoms with Gasteiger partial charge in [-0.05, 0) is 38.6 Å². The minimum atomic E-state index is -0.393. The van der Waals surface area contributed by atoms with E-state index in [9.17, 15) is 4.79 Å². The molecule has 0 unspecified atom stereocenters. The van der Waals surface area contributed by atoms with Gasteiger partial charge < -0.3 is 20.1 Å².